The molecule has 1 fully saturated rings. The average Bonchev–Trinajstić information content (AvgIpc) is 3.11. The van der Waals surface area contributed by atoms with E-state index >= 15 is 0 Å². The highest BCUT2D eigenvalue weighted by Gasteiger charge is 2.25. The first-order valence-electron chi connectivity index (χ1n) is 5.51. The fourth-order valence-corrected chi connectivity index (χ4v) is 2.18. The highest BCUT2D eigenvalue weighted by atomic mass is 16.4. The van der Waals surface area contributed by atoms with E-state index in [1.54, 1.807) is 12.1 Å². The lowest BCUT2D eigenvalue weighted by molar-refractivity contribution is 0.0697. The zero-order valence-corrected chi connectivity index (χ0v) is 8.81. The Labute approximate surface area is 93.5 Å². The summed E-state index contributed by atoms with van der Waals surface area (Å²) in [4.78, 5) is 10.9. The molecule has 0 radical (unpaired) electrons. The zero-order chi connectivity index (χ0) is 11.1. The van der Waals surface area contributed by atoms with Crippen LogP contribution >= 0.6 is 0 Å². The van der Waals surface area contributed by atoms with E-state index in [4.69, 9.17) is 5.11 Å². The highest BCUT2D eigenvalue weighted by Crippen LogP contribution is 2.43. The molecule has 0 spiro atoms. The summed E-state index contributed by atoms with van der Waals surface area (Å²) in [5.41, 5.74) is 1.68. The largest absolute Gasteiger partial charge is 0.478 e. The Morgan fingerprint density at radius 3 is 2.69 bits per heavy atom. The van der Waals surface area contributed by atoms with Crippen molar-refractivity contribution in [2.45, 2.75) is 18.8 Å². The van der Waals surface area contributed by atoms with Crippen molar-refractivity contribution in [1.29, 1.82) is 0 Å². The van der Waals surface area contributed by atoms with Crippen LogP contribution in [0.1, 0.15) is 34.7 Å². The number of carbonyl (C=O) groups is 1. The monoisotopic (exact) mass is 212 g/mol. The number of carboxylic acid groups (broad SMARTS) is 1. The van der Waals surface area contributed by atoms with Gasteiger partial charge in [0.2, 0.25) is 0 Å². The number of hydrogen-bond donors (Lipinski definition) is 1. The summed E-state index contributed by atoms with van der Waals surface area (Å²) in [6.45, 7) is 0. The third kappa shape index (κ3) is 1.47. The fourth-order valence-electron chi connectivity index (χ4n) is 2.18. The van der Waals surface area contributed by atoms with Gasteiger partial charge in [0.1, 0.15) is 0 Å². The molecule has 0 unspecified atom stereocenters. The van der Waals surface area contributed by atoms with E-state index in [2.05, 4.69) is 12.1 Å². The van der Waals surface area contributed by atoms with E-state index in [-0.39, 0.29) is 0 Å². The second kappa shape index (κ2) is 3.34. The van der Waals surface area contributed by atoms with E-state index in [1.807, 2.05) is 12.1 Å². The average molecular weight is 212 g/mol. The van der Waals surface area contributed by atoms with Crippen LogP contribution in [0, 0.1) is 0 Å². The van der Waals surface area contributed by atoms with Gasteiger partial charge in [0.15, 0.2) is 0 Å². The minimum atomic E-state index is -0.854. The molecule has 1 aliphatic rings. The lowest BCUT2D eigenvalue weighted by Crippen LogP contribution is -1.96. The molecule has 0 aliphatic heterocycles. The van der Waals surface area contributed by atoms with Gasteiger partial charge in [-0.05, 0) is 47.2 Å². The normalized spacial score (nSPS) is 15.2. The summed E-state index contributed by atoms with van der Waals surface area (Å²) >= 11 is 0. The Balaban J connectivity index is 2.26. The summed E-state index contributed by atoms with van der Waals surface area (Å²) in [7, 11) is 0. The highest BCUT2D eigenvalue weighted by molar-refractivity contribution is 5.95. The molecule has 2 heteroatoms. The van der Waals surface area contributed by atoms with Gasteiger partial charge in [-0.15, -0.1) is 0 Å². The molecular formula is C14H12O2. The lowest BCUT2D eigenvalue weighted by Gasteiger charge is -2.06. The van der Waals surface area contributed by atoms with Crippen LogP contribution in [0.3, 0.4) is 0 Å². The smallest absolute Gasteiger partial charge is 0.335 e. The lowest BCUT2D eigenvalue weighted by atomic mass is 9.99. The molecule has 2 aromatic rings. The molecule has 2 nitrogen and oxygen atoms in total. The summed E-state index contributed by atoms with van der Waals surface area (Å²) in [5, 5.41) is 11.2. The molecule has 0 aromatic heterocycles. The number of carboxylic acids is 1. The Hall–Kier alpha value is -1.83. The topological polar surface area (TPSA) is 37.3 Å². The molecule has 1 aliphatic carbocycles. The van der Waals surface area contributed by atoms with Gasteiger partial charge >= 0.3 is 5.97 Å². The molecule has 3 rings (SSSR count). The first-order chi connectivity index (χ1) is 7.75. The van der Waals surface area contributed by atoms with Crippen LogP contribution in [-0.2, 0) is 0 Å². The third-order valence-corrected chi connectivity index (χ3v) is 3.18. The first kappa shape index (κ1) is 9.40. The van der Waals surface area contributed by atoms with Gasteiger partial charge in [-0.25, -0.2) is 4.79 Å². The second-order valence-electron chi connectivity index (χ2n) is 4.36. The maximum Gasteiger partial charge on any atom is 0.335 e. The summed E-state index contributed by atoms with van der Waals surface area (Å²) in [5.74, 6) is -0.208. The molecule has 0 saturated heterocycles. The fraction of sp³-hybridized carbons (Fsp3) is 0.214. The Morgan fingerprint density at radius 1 is 1.19 bits per heavy atom. The maximum atomic E-state index is 10.9. The van der Waals surface area contributed by atoms with Gasteiger partial charge < -0.3 is 5.11 Å². The van der Waals surface area contributed by atoms with Crippen molar-refractivity contribution in [2.24, 2.45) is 0 Å². The maximum absolute atomic E-state index is 10.9. The minimum absolute atomic E-state index is 0.376. The van der Waals surface area contributed by atoms with Crippen LogP contribution in [0.4, 0.5) is 0 Å². The van der Waals surface area contributed by atoms with Crippen molar-refractivity contribution in [3.05, 3.63) is 47.5 Å². The van der Waals surface area contributed by atoms with E-state index in [0.29, 0.717) is 11.5 Å². The molecule has 2 aromatic carbocycles. The van der Waals surface area contributed by atoms with E-state index in [1.165, 1.54) is 18.4 Å². The molecule has 1 N–H and O–H groups in total. The van der Waals surface area contributed by atoms with E-state index in [0.717, 1.165) is 10.8 Å². The van der Waals surface area contributed by atoms with Gasteiger partial charge in [0, 0.05) is 0 Å². The van der Waals surface area contributed by atoms with Gasteiger partial charge in [-0.1, -0.05) is 24.3 Å². The van der Waals surface area contributed by atoms with E-state index in [9.17, 15) is 4.79 Å². The Bertz CT molecular complexity index is 568. The number of benzene rings is 2. The van der Waals surface area contributed by atoms with Crippen LogP contribution in [0.5, 0.6) is 0 Å². The Morgan fingerprint density at radius 2 is 2.00 bits per heavy atom. The third-order valence-electron chi connectivity index (χ3n) is 3.18. The van der Waals surface area contributed by atoms with Crippen LogP contribution < -0.4 is 0 Å². The first-order valence-corrected chi connectivity index (χ1v) is 5.51. The second-order valence-corrected chi connectivity index (χ2v) is 4.36. The molecule has 0 heterocycles. The van der Waals surface area contributed by atoms with Crippen LogP contribution in [-0.4, -0.2) is 11.1 Å². The van der Waals surface area contributed by atoms with Crippen molar-refractivity contribution in [3.8, 4) is 0 Å². The van der Waals surface area contributed by atoms with Crippen LogP contribution in [0.25, 0.3) is 10.8 Å². The number of aromatic carboxylic acids is 1. The summed E-state index contributed by atoms with van der Waals surface area (Å²) in [6.07, 6.45) is 2.47. The molecule has 16 heavy (non-hydrogen) atoms. The molecular weight excluding hydrogens is 200 g/mol. The number of fused-ring (bicyclic) bond motifs is 1. The number of rotatable bonds is 2. The van der Waals surface area contributed by atoms with Gasteiger partial charge in [0.05, 0.1) is 5.56 Å². The summed E-state index contributed by atoms with van der Waals surface area (Å²) < 4.78 is 0. The van der Waals surface area contributed by atoms with Crippen molar-refractivity contribution < 1.29 is 9.90 Å². The standard InChI is InChI=1S/C14H12O2/c15-14(16)11-7-6-9-2-1-3-12(10-4-5-10)13(9)8-11/h1-3,6-8,10H,4-5H2,(H,15,16). The predicted molar refractivity (Wildman–Crippen MR) is 62.9 cm³/mol. The predicted octanol–water partition coefficient (Wildman–Crippen LogP) is 3.42. The molecule has 1 saturated carbocycles. The van der Waals surface area contributed by atoms with Crippen molar-refractivity contribution in [3.63, 3.8) is 0 Å². The quantitative estimate of drug-likeness (QED) is 0.828. The van der Waals surface area contributed by atoms with E-state index < -0.39 is 5.97 Å². The van der Waals surface area contributed by atoms with Crippen molar-refractivity contribution in [2.75, 3.05) is 0 Å². The van der Waals surface area contributed by atoms with Crippen molar-refractivity contribution in [1.82, 2.24) is 0 Å². The number of hydrogen-bond acceptors (Lipinski definition) is 1. The molecule has 0 bridgehead atoms. The SMILES string of the molecule is O=C(O)c1ccc2cccc(C3CC3)c2c1. The molecule has 80 valence electrons. The van der Waals surface area contributed by atoms with Crippen LogP contribution in [0.2, 0.25) is 0 Å². The van der Waals surface area contributed by atoms with Gasteiger partial charge in [0.25, 0.3) is 0 Å². The zero-order valence-electron chi connectivity index (χ0n) is 8.81. The van der Waals surface area contributed by atoms with Crippen LogP contribution in [0.15, 0.2) is 36.4 Å². The molecule has 0 amide bonds. The van der Waals surface area contributed by atoms with Gasteiger partial charge in [-0.2, -0.15) is 0 Å². The molecule has 0 atom stereocenters. The van der Waals surface area contributed by atoms with Crippen molar-refractivity contribution >= 4 is 16.7 Å². The minimum Gasteiger partial charge on any atom is -0.478 e. The Kier molecular flexibility index (Phi) is 1.96. The summed E-state index contributed by atoms with van der Waals surface area (Å²) in [6, 6.07) is 11.6. The van der Waals surface area contributed by atoms with Gasteiger partial charge in [-0.3, -0.25) is 0 Å².